The number of halogens is 1. The Hall–Kier alpha value is -2.92. The van der Waals surface area contributed by atoms with Gasteiger partial charge in [0.15, 0.2) is 0 Å². The third-order valence-electron chi connectivity index (χ3n) is 6.60. The fraction of sp³-hybridized carbons (Fsp3) is 0.355. The lowest BCUT2D eigenvalue weighted by molar-refractivity contribution is -0.141. The Labute approximate surface area is 224 Å². The summed E-state index contributed by atoms with van der Waals surface area (Å²) in [6.45, 7) is 6.56. The Morgan fingerprint density at radius 2 is 1.44 bits per heavy atom. The van der Waals surface area contributed by atoms with Crippen LogP contribution in [0, 0.1) is 0 Å². The van der Waals surface area contributed by atoms with E-state index in [1.165, 1.54) is 5.56 Å². The van der Waals surface area contributed by atoms with Crippen molar-refractivity contribution < 1.29 is 9.59 Å². The van der Waals surface area contributed by atoms with Crippen LogP contribution in [0.25, 0.3) is 0 Å². The summed E-state index contributed by atoms with van der Waals surface area (Å²) in [4.78, 5) is 29.1. The van der Waals surface area contributed by atoms with Crippen LogP contribution in [0.5, 0.6) is 0 Å². The van der Waals surface area contributed by atoms with E-state index in [2.05, 4.69) is 52.4 Å². The average molecular weight is 550 g/mol. The minimum atomic E-state index is -0.597. The van der Waals surface area contributed by atoms with Gasteiger partial charge in [-0.25, -0.2) is 0 Å². The van der Waals surface area contributed by atoms with Crippen molar-refractivity contribution in [1.29, 1.82) is 0 Å². The van der Waals surface area contributed by atoms with E-state index in [1.54, 1.807) is 4.90 Å². The molecule has 0 fully saturated rings. The molecular formula is C31H37BrN2O2. The first-order chi connectivity index (χ1) is 17.4. The van der Waals surface area contributed by atoms with Gasteiger partial charge in [0.25, 0.3) is 0 Å². The van der Waals surface area contributed by atoms with Gasteiger partial charge in [0.2, 0.25) is 11.8 Å². The summed E-state index contributed by atoms with van der Waals surface area (Å²) >= 11 is 3.49. The summed E-state index contributed by atoms with van der Waals surface area (Å²) in [5.74, 6) is -0.122. The van der Waals surface area contributed by atoms with E-state index in [0.29, 0.717) is 25.8 Å². The van der Waals surface area contributed by atoms with Crippen molar-refractivity contribution in [3.8, 4) is 0 Å². The molecule has 0 aromatic heterocycles. The summed E-state index contributed by atoms with van der Waals surface area (Å²) in [5.41, 5.74) is 4.44. The van der Waals surface area contributed by atoms with E-state index in [-0.39, 0.29) is 17.9 Å². The summed E-state index contributed by atoms with van der Waals surface area (Å²) in [6, 6.07) is 25.8. The number of carbonyl (C=O) groups is 2. The molecule has 3 aromatic rings. The molecule has 0 aliphatic carbocycles. The second kappa shape index (κ2) is 14.0. The lowest BCUT2D eigenvalue weighted by Gasteiger charge is -2.32. The second-order valence-corrected chi connectivity index (χ2v) is 10.3. The molecule has 0 radical (unpaired) electrons. The van der Waals surface area contributed by atoms with Gasteiger partial charge in [-0.05, 0) is 60.6 Å². The molecule has 0 bridgehead atoms. The number of nitrogens with zero attached hydrogens (tertiary/aromatic N) is 1. The molecule has 190 valence electrons. The molecule has 3 rings (SSSR count). The predicted octanol–water partition coefficient (Wildman–Crippen LogP) is 6.50. The van der Waals surface area contributed by atoms with Crippen molar-refractivity contribution in [2.24, 2.45) is 0 Å². The van der Waals surface area contributed by atoms with Crippen molar-refractivity contribution in [3.05, 3.63) is 106 Å². The van der Waals surface area contributed by atoms with Crippen LogP contribution in [0.4, 0.5) is 0 Å². The molecule has 2 amide bonds. The van der Waals surface area contributed by atoms with Gasteiger partial charge < -0.3 is 10.2 Å². The highest BCUT2D eigenvalue weighted by Crippen LogP contribution is 2.19. The fourth-order valence-corrected chi connectivity index (χ4v) is 4.38. The van der Waals surface area contributed by atoms with Crippen LogP contribution >= 0.6 is 15.9 Å². The number of carbonyl (C=O) groups excluding carboxylic acids is 2. The lowest BCUT2D eigenvalue weighted by Crippen LogP contribution is -2.52. The van der Waals surface area contributed by atoms with Crippen LogP contribution in [0.3, 0.4) is 0 Å². The van der Waals surface area contributed by atoms with Crippen molar-refractivity contribution >= 4 is 27.7 Å². The molecule has 0 aliphatic heterocycles. The first-order valence-electron chi connectivity index (χ1n) is 12.9. The molecule has 0 saturated heterocycles. The smallest absolute Gasteiger partial charge is 0.243 e. The first kappa shape index (κ1) is 27.7. The minimum absolute atomic E-state index is 0.0160. The minimum Gasteiger partial charge on any atom is -0.352 e. The Kier molecular flexibility index (Phi) is 10.7. The molecule has 36 heavy (non-hydrogen) atoms. The Balaban J connectivity index is 1.88. The largest absolute Gasteiger partial charge is 0.352 e. The molecular weight excluding hydrogens is 512 g/mol. The van der Waals surface area contributed by atoms with Gasteiger partial charge in [0, 0.05) is 29.9 Å². The van der Waals surface area contributed by atoms with Crippen molar-refractivity contribution in [1.82, 2.24) is 10.2 Å². The molecule has 4 nitrogen and oxygen atoms in total. The van der Waals surface area contributed by atoms with Crippen LogP contribution in [-0.4, -0.2) is 28.8 Å². The van der Waals surface area contributed by atoms with Crippen LogP contribution in [0.15, 0.2) is 83.3 Å². The zero-order valence-corrected chi connectivity index (χ0v) is 23.1. The van der Waals surface area contributed by atoms with Gasteiger partial charge in [0.05, 0.1) is 0 Å². The maximum absolute atomic E-state index is 13.7. The molecule has 0 aliphatic rings. The number of hydrogen-bond acceptors (Lipinski definition) is 2. The normalized spacial score (nSPS) is 12.6. The van der Waals surface area contributed by atoms with E-state index in [0.717, 1.165) is 34.0 Å². The molecule has 0 heterocycles. The first-order valence-corrected chi connectivity index (χ1v) is 13.6. The van der Waals surface area contributed by atoms with Crippen LogP contribution in [0.2, 0.25) is 0 Å². The summed E-state index contributed by atoms with van der Waals surface area (Å²) in [7, 11) is 0. The third-order valence-corrected chi connectivity index (χ3v) is 7.13. The average Bonchev–Trinajstić information content (AvgIpc) is 2.91. The van der Waals surface area contributed by atoms with Crippen LogP contribution in [0.1, 0.15) is 55.9 Å². The summed E-state index contributed by atoms with van der Waals surface area (Å²) in [6.07, 6.45) is 3.29. The molecule has 5 heteroatoms. The van der Waals surface area contributed by atoms with E-state index in [4.69, 9.17) is 0 Å². The zero-order chi connectivity index (χ0) is 25.9. The number of nitrogens with one attached hydrogen (secondary N) is 1. The van der Waals surface area contributed by atoms with Crippen molar-refractivity contribution in [3.63, 3.8) is 0 Å². The Bertz CT molecular complexity index is 1100. The standard InChI is InChI=1S/C31H37BrN2O2/c1-4-23(3)33-31(36)29(21-26-9-7-6-8-10-26)34(22-27-15-18-28(32)19-16-27)30(35)20-17-25-13-11-24(5-2)12-14-25/h6-16,18-19,23,29H,4-5,17,20-22H2,1-3H3,(H,33,36)/t23-,29+/m0/s1. The maximum atomic E-state index is 13.7. The third kappa shape index (κ3) is 8.34. The summed E-state index contributed by atoms with van der Waals surface area (Å²) in [5, 5.41) is 3.13. The van der Waals surface area contributed by atoms with E-state index in [9.17, 15) is 9.59 Å². The number of rotatable bonds is 12. The number of aryl methyl sites for hydroxylation is 2. The van der Waals surface area contributed by atoms with Gasteiger partial charge in [-0.15, -0.1) is 0 Å². The fourth-order valence-electron chi connectivity index (χ4n) is 4.12. The van der Waals surface area contributed by atoms with Crippen LogP contribution < -0.4 is 5.32 Å². The van der Waals surface area contributed by atoms with E-state index < -0.39 is 6.04 Å². The highest BCUT2D eigenvalue weighted by molar-refractivity contribution is 9.10. The van der Waals surface area contributed by atoms with Gasteiger partial charge in [-0.1, -0.05) is 96.5 Å². The van der Waals surface area contributed by atoms with Gasteiger partial charge >= 0.3 is 0 Å². The lowest BCUT2D eigenvalue weighted by atomic mass is 10.0. The maximum Gasteiger partial charge on any atom is 0.243 e. The zero-order valence-electron chi connectivity index (χ0n) is 21.5. The monoisotopic (exact) mass is 548 g/mol. The predicted molar refractivity (Wildman–Crippen MR) is 151 cm³/mol. The molecule has 0 unspecified atom stereocenters. The quantitative estimate of drug-likeness (QED) is 0.281. The van der Waals surface area contributed by atoms with Gasteiger partial charge in [0.1, 0.15) is 6.04 Å². The van der Waals surface area contributed by atoms with Crippen LogP contribution in [-0.2, 0) is 35.4 Å². The summed E-state index contributed by atoms with van der Waals surface area (Å²) < 4.78 is 0.981. The van der Waals surface area contributed by atoms with Gasteiger partial charge in [-0.2, -0.15) is 0 Å². The SMILES string of the molecule is CCc1ccc(CCC(=O)N(Cc2ccc(Br)cc2)[C@H](Cc2ccccc2)C(=O)N[C@@H](C)CC)cc1. The van der Waals surface area contributed by atoms with E-state index in [1.807, 2.05) is 68.4 Å². The topological polar surface area (TPSA) is 49.4 Å². The van der Waals surface area contributed by atoms with E-state index >= 15 is 0 Å². The number of benzene rings is 3. The highest BCUT2D eigenvalue weighted by atomic mass is 79.9. The van der Waals surface area contributed by atoms with Crippen molar-refractivity contribution in [2.45, 2.75) is 71.5 Å². The molecule has 0 spiro atoms. The molecule has 1 N–H and O–H groups in total. The van der Waals surface area contributed by atoms with Crippen molar-refractivity contribution in [2.75, 3.05) is 0 Å². The Morgan fingerprint density at radius 1 is 0.833 bits per heavy atom. The number of amides is 2. The van der Waals surface area contributed by atoms with Gasteiger partial charge in [-0.3, -0.25) is 9.59 Å². The number of hydrogen-bond donors (Lipinski definition) is 1. The molecule has 3 aromatic carbocycles. The highest BCUT2D eigenvalue weighted by Gasteiger charge is 2.30. The second-order valence-electron chi connectivity index (χ2n) is 9.34. The molecule has 0 saturated carbocycles. The molecule has 2 atom stereocenters. The Morgan fingerprint density at radius 3 is 2.06 bits per heavy atom.